The molecule has 0 radical (unpaired) electrons. The van der Waals surface area contributed by atoms with Gasteiger partial charge in [0, 0.05) is 26.0 Å². The predicted molar refractivity (Wildman–Crippen MR) is 75.7 cm³/mol. The minimum Gasteiger partial charge on any atom is -0.255 e. The smallest absolute Gasteiger partial charge is 0.255 e. The third kappa shape index (κ3) is 3.69. The molecule has 18 heavy (non-hydrogen) atoms. The third-order valence-electron chi connectivity index (χ3n) is 2.60. The summed E-state index contributed by atoms with van der Waals surface area (Å²) in [5, 5.41) is 4.99. The van der Waals surface area contributed by atoms with Crippen molar-refractivity contribution in [3.8, 4) is 0 Å². The van der Waals surface area contributed by atoms with Crippen LogP contribution in [0.25, 0.3) is 0 Å². The molecule has 0 fully saturated rings. The van der Waals surface area contributed by atoms with Gasteiger partial charge in [0.15, 0.2) is 5.03 Å². The van der Waals surface area contributed by atoms with Crippen LogP contribution >= 0.6 is 27.5 Å². The molecule has 8 heteroatoms. The molecule has 104 valence electrons. The van der Waals surface area contributed by atoms with E-state index in [0.29, 0.717) is 6.54 Å². The highest BCUT2D eigenvalue weighted by Crippen LogP contribution is 2.23. The second-order valence-electron chi connectivity index (χ2n) is 4.00. The summed E-state index contributed by atoms with van der Waals surface area (Å²) in [6.45, 7) is 0.483. The number of aryl methyl sites for hydroxylation is 1. The molecule has 1 aromatic heterocycles. The van der Waals surface area contributed by atoms with Crippen molar-refractivity contribution >= 4 is 37.6 Å². The van der Waals surface area contributed by atoms with Gasteiger partial charge in [-0.15, -0.1) is 0 Å². The summed E-state index contributed by atoms with van der Waals surface area (Å²) in [6.07, 6.45) is 4.20. The van der Waals surface area contributed by atoms with Crippen molar-refractivity contribution in [2.75, 3.05) is 18.9 Å². The highest BCUT2D eigenvalue weighted by molar-refractivity contribution is 9.09. The fraction of sp³-hybridized carbons (Fsp3) is 0.700. The van der Waals surface area contributed by atoms with Crippen LogP contribution in [-0.2, 0) is 17.1 Å². The lowest BCUT2D eigenvalue weighted by atomic mass is 10.2. The van der Waals surface area contributed by atoms with Crippen LogP contribution in [0.5, 0.6) is 0 Å². The van der Waals surface area contributed by atoms with Crippen LogP contribution in [0.2, 0.25) is 5.02 Å². The predicted octanol–water partition coefficient (Wildman–Crippen LogP) is 2.26. The second kappa shape index (κ2) is 6.88. The van der Waals surface area contributed by atoms with Gasteiger partial charge in [-0.25, -0.2) is 8.42 Å². The Balaban J connectivity index is 2.75. The number of halogens is 2. The van der Waals surface area contributed by atoms with Gasteiger partial charge in [0.05, 0.1) is 11.2 Å². The summed E-state index contributed by atoms with van der Waals surface area (Å²) in [5.74, 6) is 0. The van der Waals surface area contributed by atoms with E-state index in [-0.39, 0.29) is 10.0 Å². The highest BCUT2D eigenvalue weighted by Gasteiger charge is 2.26. The molecule has 1 heterocycles. The quantitative estimate of drug-likeness (QED) is 0.555. The van der Waals surface area contributed by atoms with Gasteiger partial charge in [-0.1, -0.05) is 34.0 Å². The van der Waals surface area contributed by atoms with E-state index in [1.165, 1.54) is 15.2 Å². The first-order valence-corrected chi connectivity index (χ1v) is 8.55. The van der Waals surface area contributed by atoms with Crippen LogP contribution in [0, 0.1) is 0 Å². The highest BCUT2D eigenvalue weighted by atomic mass is 79.9. The number of hydrogen-bond donors (Lipinski definition) is 0. The van der Waals surface area contributed by atoms with Gasteiger partial charge in [-0.05, 0) is 12.8 Å². The number of hydrogen-bond acceptors (Lipinski definition) is 3. The molecular weight excluding hydrogens is 342 g/mol. The van der Waals surface area contributed by atoms with Gasteiger partial charge in [-0.2, -0.15) is 9.40 Å². The molecule has 0 aliphatic carbocycles. The largest absolute Gasteiger partial charge is 0.261 e. The molecular formula is C10H17BrClN3O2S. The standard InChI is InChI=1S/C10H17BrClN3O2S/c1-14(7-5-3-4-6-11)18(16,17)10-9(12)8-13-15(10)2/h8H,3-7H2,1-2H3. The van der Waals surface area contributed by atoms with Crippen molar-refractivity contribution in [2.45, 2.75) is 24.3 Å². The zero-order valence-electron chi connectivity index (χ0n) is 10.4. The molecule has 0 spiro atoms. The van der Waals surface area contributed by atoms with E-state index >= 15 is 0 Å². The molecule has 5 nitrogen and oxygen atoms in total. The summed E-state index contributed by atoms with van der Waals surface area (Å²) < 4.78 is 27.1. The number of unbranched alkanes of at least 4 members (excludes halogenated alkanes) is 2. The van der Waals surface area contributed by atoms with Gasteiger partial charge < -0.3 is 0 Å². The number of aromatic nitrogens is 2. The Bertz CT molecular complexity index is 470. The second-order valence-corrected chi connectivity index (χ2v) is 7.16. The number of sulfonamides is 1. The Morgan fingerprint density at radius 3 is 2.61 bits per heavy atom. The Labute approximate surface area is 121 Å². The van der Waals surface area contributed by atoms with Gasteiger partial charge in [-0.3, -0.25) is 4.68 Å². The SMILES string of the molecule is CN(CCCCCBr)S(=O)(=O)c1c(Cl)cnn1C. The molecule has 0 saturated heterocycles. The lowest BCUT2D eigenvalue weighted by molar-refractivity contribution is 0.447. The van der Waals surface area contributed by atoms with Crippen molar-refractivity contribution in [2.24, 2.45) is 7.05 Å². The Morgan fingerprint density at radius 2 is 2.11 bits per heavy atom. The molecule has 0 aromatic carbocycles. The van der Waals surface area contributed by atoms with E-state index in [4.69, 9.17) is 11.6 Å². The minimum absolute atomic E-state index is 0.0483. The fourth-order valence-electron chi connectivity index (χ4n) is 1.56. The van der Waals surface area contributed by atoms with Crippen molar-refractivity contribution in [1.29, 1.82) is 0 Å². The lowest BCUT2D eigenvalue weighted by Gasteiger charge is -2.17. The molecule has 0 amide bonds. The van der Waals surface area contributed by atoms with Crippen LogP contribution in [0.4, 0.5) is 0 Å². The zero-order chi connectivity index (χ0) is 13.8. The number of nitrogens with zero attached hydrogens (tertiary/aromatic N) is 3. The average molecular weight is 359 g/mol. The normalized spacial score (nSPS) is 12.3. The van der Waals surface area contributed by atoms with Crippen LogP contribution in [0.1, 0.15) is 19.3 Å². The van der Waals surface area contributed by atoms with Crippen molar-refractivity contribution in [1.82, 2.24) is 14.1 Å². The Hall–Kier alpha value is -0.110. The van der Waals surface area contributed by atoms with E-state index in [1.54, 1.807) is 14.1 Å². The number of alkyl halides is 1. The Kier molecular flexibility index (Phi) is 6.10. The monoisotopic (exact) mass is 357 g/mol. The maximum absolute atomic E-state index is 12.3. The van der Waals surface area contributed by atoms with E-state index in [9.17, 15) is 8.42 Å². The van der Waals surface area contributed by atoms with E-state index in [2.05, 4.69) is 21.0 Å². The van der Waals surface area contributed by atoms with E-state index in [1.807, 2.05) is 0 Å². The fourth-order valence-corrected chi connectivity index (χ4v) is 3.76. The van der Waals surface area contributed by atoms with Crippen molar-refractivity contribution in [3.05, 3.63) is 11.2 Å². The van der Waals surface area contributed by atoms with Crippen molar-refractivity contribution < 1.29 is 8.42 Å². The van der Waals surface area contributed by atoms with Crippen LogP contribution in [0.15, 0.2) is 11.2 Å². The average Bonchev–Trinajstić information content (AvgIpc) is 2.64. The molecule has 0 atom stereocenters. The lowest BCUT2D eigenvalue weighted by Crippen LogP contribution is -2.29. The van der Waals surface area contributed by atoms with Crippen LogP contribution in [0.3, 0.4) is 0 Å². The van der Waals surface area contributed by atoms with Crippen LogP contribution in [-0.4, -0.2) is 41.4 Å². The first kappa shape index (κ1) is 15.9. The summed E-state index contributed by atoms with van der Waals surface area (Å²) in [5.41, 5.74) is 0. The molecule has 0 aliphatic heterocycles. The first-order chi connectivity index (χ1) is 8.41. The van der Waals surface area contributed by atoms with Crippen molar-refractivity contribution in [3.63, 3.8) is 0 Å². The third-order valence-corrected chi connectivity index (χ3v) is 5.53. The van der Waals surface area contributed by atoms with Crippen LogP contribution < -0.4 is 0 Å². The molecule has 1 aromatic rings. The maximum Gasteiger partial charge on any atom is 0.261 e. The molecule has 1 rings (SSSR count). The summed E-state index contributed by atoms with van der Waals surface area (Å²) in [4.78, 5) is 0. The Morgan fingerprint density at radius 1 is 1.44 bits per heavy atom. The van der Waals surface area contributed by atoms with Gasteiger partial charge >= 0.3 is 0 Å². The molecule has 0 saturated carbocycles. The zero-order valence-corrected chi connectivity index (χ0v) is 13.6. The number of rotatable bonds is 7. The summed E-state index contributed by atoms with van der Waals surface area (Å²) >= 11 is 9.21. The molecule has 0 unspecified atom stereocenters. The topological polar surface area (TPSA) is 55.2 Å². The maximum atomic E-state index is 12.3. The molecule has 0 bridgehead atoms. The van der Waals surface area contributed by atoms with Gasteiger partial charge in [0.1, 0.15) is 0 Å². The summed E-state index contributed by atoms with van der Waals surface area (Å²) in [7, 11) is -0.425. The molecule has 0 N–H and O–H groups in total. The van der Waals surface area contributed by atoms with Gasteiger partial charge in [0.2, 0.25) is 0 Å². The first-order valence-electron chi connectivity index (χ1n) is 5.61. The minimum atomic E-state index is -3.55. The molecule has 0 aliphatic rings. The van der Waals surface area contributed by atoms with E-state index < -0.39 is 10.0 Å². The van der Waals surface area contributed by atoms with E-state index in [0.717, 1.165) is 24.6 Å². The van der Waals surface area contributed by atoms with Gasteiger partial charge in [0.25, 0.3) is 10.0 Å². The summed E-state index contributed by atoms with van der Waals surface area (Å²) in [6, 6.07) is 0.